The first-order valence-corrected chi connectivity index (χ1v) is 5.60. The first kappa shape index (κ1) is 12.9. The van der Waals surface area contributed by atoms with E-state index in [4.69, 9.17) is 9.57 Å². The van der Waals surface area contributed by atoms with Gasteiger partial charge in [-0.05, 0) is 7.05 Å². The third-order valence-electron chi connectivity index (χ3n) is 2.62. The van der Waals surface area contributed by atoms with Gasteiger partial charge in [0.2, 0.25) is 0 Å². The van der Waals surface area contributed by atoms with Crippen LogP contribution in [0.3, 0.4) is 0 Å². The van der Waals surface area contributed by atoms with Crippen LogP contribution in [0.5, 0.6) is 0 Å². The minimum Gasteiger partial charge on any atom is -0.378 e. The zero-order valence-corrected chi connectivity index (χ0v) is 9.87. The molecule has 90 valence electrons. The Morgan fingerprint density at radius 2 is 1.80 bits per heavy atom. The van der Waals surface area contributed by atoms with Gasteiger partial charge in [-0.1, -0.05) is 0 Å². The summed E-state index contributed by atoms with van der Waals surface area (Å²) in [4.78, 5) is 9.75. The van der Waals surface area contributed by atoms with Gasteiger partial charge < -0.3 is 9.64 Å². The van der Waals surface area contributed by atoms with Crippen LogP contribution in [-0.4, -0.2) is 76.4 Å². The molecule has 0 aliphatic carbocycles. The quantitative estimate of drug-likeness (QED) is 0.455. The average Bonchev–Trinajstić information content (AvgIpc) is 2.26. The van der Waals surface area contributed by atoms with Gasteiger partial charge in [-0.2, -0.15) is 0 Å². The molecule has 0 aromatic carbocycles. The summed E-state index contributed by atoms with van der Waals surface area (Å²) < 4.78 is 5.45. The van der Waals surface area contributed by atoms with Crippen molar-refractivity contribution >= 4 is 0 Å². The van der Waals surface area contributed by atoms with Crippen LogP contribution in [0.25, 0.3) is 0 Å². The Bertz CT molecular complexity index is 150. The number of ether oxygens (including phenoxy) is 1. The van der Waals surface area contributed by atoms with Crippen molar-refractivity contribution in [2.45, 2.75) is 0 Å². The van der Waals surface area contributed by atoms with Gasteiger partial charge in [0.1, 0.15) is 0 Å². The summed E-state index contributed by atoms with van der Waals surface area (Å²) in [7, 11) is 3.92. The highest BCUT2D eigenvalue weighted by Gasteiger charge is 2.12. The summed E-state index contributed by atoms with van der Waals surface area (Å²) in [5.41, 5.74) is 2.62. The average molecular weight is 217 g/mol. The molecule has 1 saturated heterocycles. The molecule has 1 N–H and O–H groups in total. The molecule has 0 aromatic heterocycles. The van der Waals surface area contributed by atoms with Crippen LogP contribution < -0.4 is 5.48 Å². The lowest BCUT2D eigenvalue weighted by Crippen LogP contribution is -2.45. The third kappa shape index (κ3) is 6.06. The number of hydrogen-bond acceptors (Lipinski definition) is 5. The second-order valence-electron chi connectivity index (χ2n) is 3.81. The largest absolute Gasteiger partial charge is 0.378 e. The maximum Gasteiger partial charge on any atom is 0.0915 e. The van der Waals surface area contributed by atoms with Gasteiger partial charge in [-0.3, -0.25) is 9.74 Å². The fourth-order valence-electron chi connectivity index (χ4n) is 1.57. The molecule has 0 bridgehead atoms. The summed E-state index contributed by atoms with van der Waals surface area (Å²) in [6, 6.07) is 0. The molecule has 1 rings (SSSR count). The van der Waals surface area contributed by atoms with E-state index in [-0.39, 0.29) is 0 Å². The summed E-state index contributed by atoms with van der Waals surface area (Å²) in [6.07, 6.45) is 0. The highest BCUT2D eigenvalue weighted by atomic mass is 16.7. The molecule has 0 amide bonds. The Morgan fingerprint density at radius 3 is 2.47 bits per heavy atom. The number of likely N-dealkylation sites (N-methyl/N-ethyl adjacent to an activating group) is 1. The number of piperazine rings is 1. The summed E-state index contributed by atoms with van der Waals surface area (Å²) in [6.45, 7) is 7.77. The van der Waals surface area contributed by atoms with Gasteiger partial charge in [0.05, 0.1) is 19.8 Å². The van der Waals surface area contributed by atoms with E-state index in [1.165, 1.54) is 13.1 Å². The van der Waals surface area contributed by atoms with Crippen LogP contribution in [-0.2, 0) is 9.57 Å². The van der Waals surface area contributed by atoms with Crippen LogP contribution in [0.15, 0.2) is 0 Å². The molecule has 0 aromatic rings. The smallest absolute Gasteiger partial charge is 0.0915 e. The SMILES string of the molecule is CNOCCOCCN1CCN(C)CC1. The van der Waals surface area contributed by atoms with E-state index in [0.29, 0.717) is 13.2 Å². The lowest BCUT2D eigenvalue weighted by atomic mass is 10.3. The predicted molar refractivity (Wildman–Crippen MR) is 59.8 cm³/mol. The van der Waals surface area contributed by atoms with E-state index in [2.05, 4.69) is 22.3 Å². The maximum atomic E-state index is 5.45. The van der Waals surface area contributed by atoms with Crippen molar-refractivity contribution in [1.82, 2.24) is 15.3 Å². The molecular formula is C10H23N3O2. The van der Waals surface area contributed by atoms with E-state index in [1.54, 1.807) is 7.05 Å². The zero-order chi connectivity index (χ0) is 10.9. The molecule has 1 heterocycles. The first-order chi connectivity index (χ1) is 7.33. The summed E-state index contributed by atoms with van der Waals surface area (Å²) >= 11 is 0. The molecule has 1 aliphatic heterocycles. The number of rotatable bonds is 7. The Hall–Kier alpha value is -0.200. The topological polar surface area (TPSA) is 37.0 Å². The lowest BCUT2D eigenvalue weighted by molar-refractivity contribution is -0.000811. The standard InChI is InChI=1S/C10H23N3O2/c1-11-15-10-9-14-8-7-13-5-3-12(2)4-6-13/h11H,3-10H2,1-2H3. The van der Waals surface area contributed by atoms with Crippen molar-refractivity contribution in [3.05, 3.63) is 0 Å². The Morgan fingerprint density at radius 1 is 1.07 bits per heavy atom. The molecule has 5 nitrogen and oxygen atoms in total. The van der Waals surface area contributed by atoms with Gasteiger partial charge in [0.15, 0.2) is 0 Å². The number of nitrogens with zero attached hydrogens (tertiary/aromatic N) is 2. The highest BCUT2D eigenvalue weighted by molar-refractivity contribution is 4.68. The van der Waals surface area contributed by atoms with Crippen molar-refractivity contribution in [2.75, 3.05) is 66.6 Å². The molecule has 0 spiro atoms. The van der Waals surface area contributed by atoms with Crippen LogP contribution in [0.1, 0.15) is 0 Å². The van der Waals surface area contributed by atoms with E-state index in [1.807, 2.05) is 0 Å². The third-order valence-corrected chi connectivity index (χ3v) is 2.62. The van der Waals surface area contributed by atoms with Gasteiger partial charge in [0, 0.05) is 39.8 Å². The highest BCUT2D eigenvalue weighted by Crippen LogP contribution is 1.98. The molecule has 0 radical (unpaired) electrons. The number of nitrogens with one attached hydrogen (secondary N) is 1. The van der Waals surface area contributed by atoms with E-state index >= 15 is 0 Å². The molecule has 0 unspecified atom stereocenters. The lowest BCUT2D eigenvalue weighted by Gasteiger charge is -2.32. The Labute approximate surface area is 92.3 Å². The van der Waals surface area contributed by atoms with Crippen LogP contribution in [0.4, 0.5) is 0 Å². The minimum atomic E-state index is 0.610. The van der Waals surface area contributed by atoms with Crippen LogP contribution >= 0.6 is 0 Å². The minimum absolute atomic E-state index is 0.610. The van der Waals surface area contributed by atoms with Gasteiger partial charge in [-0.25, -0.2) is 5.48 Å². The fraction of sp³-hybridized carbons (Fsp3) is 1.00. The zero-order valence-electron chi connectivity index (χ0n) is 9.87. The Balaban J connectivity index is 1.87. The van der Waals surface area contributed by atoms with E-state index in [0.717, 1.165) is 26.2 Å². The molecular weight excluding hydrogens is 194 g/mol. The van der Waals surface area contributed by atoms with Gasteiger partial charge >= 0.3 is 0 Å². The van der Waals surface area contributed by atoms with Crippen molar-refractivity contribution in [2.24, 2.45) is 0 Å². The van der Waals surface area contributed by atoms with E-state index in [9.17, 15) is 0 Å². The molecule has 1 aliphatic rings. The second-order valence-corrected chi connectivity index (χ2v) is 3.81. The maximum absolute atomic E-state index is 5.45. The van der Waals surface area contributed by atoms with Crippen molar-refractivity contribution < 1.29 is 9.57 Å². The van der Waals surface area contributed by atoms with Crippen molar-refractivity contribution in [3.63, 3.8) is 0 Å². The molecule has 1 fully saturated rings. The normalized spacial score (nSPS) is 19.6. The fourth-order valence-corrected chi connectivity index (χ4v) is 1.57. The summed E-state index contributed by atoms with van der Waals surface area (Å²) in [5, 5.41) is 0. The number of hydrogen-bond donors (Lipinski definition) is 1. The Kier molecular flexibility index (Phi) is 6.87. The molecule has 15 heavy (non-hydrogen) atoms. The van der Waals surface area contributed by atoms with Crippen LogP contribution in [0, 0.1) is 0 Å². The number of hydroxylamine groups is 1. The predicted octanol–water partition coefficient (Wildman–Crippen LogP) is -0.599. The van der Waals surface area contributed by atoms with Crippen molar-refractivity contribution in [3.8, 4) is 0 Å². The van der Waals surface area contributed by atoms with Crippen molar-refractivity contribution in [1.29, 1.82) is 0 Å². The van der Waals surface area contributed by atoms with E-state index < -0.39 is 0 Å². The first-order valence-electron chi connectivity index (χ1n) is 5.60. The van der Waals surface area contributed by atoms with Gasteiger partial charge in [-0.15, -0.1) is 0 Å². The van der Waals surface area contributed by atoms with Gasteiger partial charge in [0.25, 0.3) is 0 Å². The van der Waals surface area contributed by atoms with Crippen LogP contribution in [0.2, 0.25) is 0 Å². The molecule has 0 atom stereocenters. The molecule has 5 heteroatoms. The monoisotopic (exact) mass is 217 g/mol. The molecule has 0 saturated carbocycles. The second kappa shape index (κ2) is 8.01. The summed E-state index contributed by atoms with van der Waals surface area (Å²) in [5.74, 6) is 0.